The number of carbonyl (C=O) groups excluding carboxylic acids is 3. The number of primary amides is 1. The van der Waals surface area contributed by atoms with Crippen molar-refractivity contribution in [2.24, 2.45) is 11.7 Å². The normalized spacial score (nSPS) is 20.9. The number of rotatable bonds is 5. The van der Waals surface area contributed by atoms with Gasteiger partial charge in [0.05, 0.1) is 12.8 Å². The number of hydrogen-bond donors (Lipinski definition) is 1. The molecule has 1 aliphatic carbocycles. The molecule has 2 N–H and O–H groups in total. The monoisotopic (exact) mass is 471 g/mol. The third-order valence-corrected chi connectivity index (χ3v) is 7.36. The van der Waals surface area contributed by atoms with Crippen LogP contribution in [-0.2, 0) is 11.2 Å². The van der Waals surface area contributed by atoms with Crippen LogP contribution in [0.3, 0.4) is 0 Å². The van der Waals surface area contributed by atoms with E-state index in [2.05, 4.69) is 5.10 Å². The highest BCUT2D eigenvalue weighted by Gasteiger charge is 2.45. The van der Waals surface area contributed by atoms with E-state index in [1.54, 1.807) is 36.3 Å². The van der Waals surface area contributed by atoms with Crippen molar-refractivity contribution < 1.29 is 19.1 Å². The van der Waals surface area contributed by atoms with E-state index < -0.39 is 5.91 Å². The molecule has 178 valence electrons. The molecular formula is C26H25N5O4. The third kappa shape index (κ3) is 3.30. The van der Waals surface area contributed by atoms with E-state index in [1.807, 2.05) is 29.2 Å². The number of benzene rings is 2. The highest BCUT2D eigenvalue weighted by Crippen LogP contribution is 2.41. The Morgan fingerprint density at radius 1 is 1.00 bits per heavy atom. The smallest absolute Gasteiger partial charge is 0.277 e. The summed E-state index contributed by atoms with van der Waals surface area (Å²) in [5.41, 5.74) is 8.81. The number of fused-ring (bicyclic) bond motifs is 3. The van der Waals surface area contributed by atoms with Crippen molar-refractivity contribution in [1.82, 2.24) is 9.78 Å². The first-order valence-corrected chi connectivity index (χ1v) is 11.8. The zero-order valence-corrected chi connectivity index (χ0v) is 19.3. The van der Waals surface area contributed by atoms with Crippen LogP contribution in [0, 0.1) is 5.92 Å². The summed E-state index contributed by atoms with van der Waals surface area (Å²) in [4.78, 5) is 42.0. The average molecular weight is 472 g/mol. The molecule has 2 aromatic carbocycles. The van der Waals surface area contributed by atoms with E-state index in [0.29, 0.717) is 35.7 Å². The van der Waals surface area contributed by atoms with Crippen LogP contribution >= 0.6 is 0 Å². The minimum absolute atomic E-state index is 0.113. The van der Waals surface area contributed by atoms with Crippen LogP contribution in [0.2, 0.25) is 0 Å². The molecule has 1 saturated carbocycles. The summed E-state index contributed by atoms with van der Waals surface area (Å²) in [6.07, 6.45) is 3.41. The first kappa shape index (κ1) is 21.4. The highest BCUT2D eigenvalue weighted by molar-refractivity contribution is 6.09. The van der Waals surface area contributed by atoms with Gasteiger partial charge in [-0.25, -0.2) is 4.68 Å². The minimum Gasteiger partial charge on any atom is -0.497 e. The maximum Gasteiger partial charge on any atom is 0.277 e. The van der Waals surface area contributed by atoms with Crippen molar-refractivity contribution in [2.75, 3.05) is 23.5 Å². The summed E-state index contributed by atoms with van der Waals surface area (Å²) in [7, 11) is 1.58. The molecule has 1 unspecified atom stereocenters. The summed E-state index contributed by atoms with van der Waals surface area (Å²) >= 11 is 0. The topological polar surface area (TPSA) is 111 Å². The van der Waals surface area contributed by atoms with Gasteiger partial charge in [0.25, 0.3) is 11.8 Å². The molecule has 3 aromatic rings. The third-order valence-electron chi connectivity index (χ3n) is 7.36. The molecule has 0 radical (unpaired) electrons. The molecule has 6 rings (SSSR count). The molecule has 3 aliphatic rings. The van der Waals surface area contributed by atoms with Crippen LogP contribution in [0.5, 0.6) is 5.75 Å². The van der Waals surface area contributed by atoms with Crippen LogP contribution in [0.15, 0.2) is 48.5 Å². The second-order valence-electron chi connectivity index (χ2n) is 9.25. The number of nitrogens with zero attached hydrogens (tertiary/aromatic N) is 4. The first-order valence-electron chi connectivity index (χ1n) is 11.8. The van der Waals surface area contributed by atoms with E-state index >= 15 is 0 Å². The Kier molecular flexibility index (Phi) is 4.87. The largest absolute Gasteiger partial charge is 0.497 e. The number of nitrogens with two attached hydrogens (primary N) is 1. The van der Waals surface area contributed by atoms with Gasteiger partial charge in [0, 0.05) is 35.4 Å². The molecule has 35 heavy (non-hydrogen) atoms. The average Bonchev–Trinajstić information content (AvgIpc) is 3.58. The molecule has 3 heterocycles. The van der Waals surface area contributed by atoms with Gasteiger partial charge in [-0.2, -0.15) is 5.10 Å². The number of hydrogen-bond acceptors (Lipinski definition) is 5. The molecule has 2 atom stereocenters. The van der Waals surface area contributed by atoms with Gasteiger partial charge in [0.15, 0.2) is 5.69 Å². The van der Waals surface area contributed by atoms with E-state index in [4.69, 9.17) is 10.5 Å². The van der Waals surface area contributed by atoms with E-state index in [0.717, 1.165) is 30.6 Å². The molecule has 2 bridgehead atoms. The fourth-order valence-corrected chi connectivity index (χ4v) is 5.64. The Hall–Kier alpha value is -4.14. The summed E-state index contributed by atoms with van der Waals surface area (Å²) < 4.78 is 6.71. The maximum atomic E-state index is 13.7. The second kappa shape index (κ2) is 7.97. The van der Waals surface area contributed by atoms with Crippen molar-refractivity contribution in [3.8, 4) is 11.4 Å². The van der Waals surface area contributed by atoms with E-state index in [-0.39, 0.29) is 29.5 Å². The zero-order valence-electron chi connectivity index (χ0n) is 19.3. The lowest BCUT2D eigenvalue weighted by atomic mass is 10.0. The van der Waals surface area contributed by atoms with Crippen molar-refractivity contribution in [3.63, 3.8) is 0 Å². The molecule has 0 spiro atoms. The van der Waals surface area contributed by atoms with E-state index in [1.165, 1.54) is 4.68 Å². The SMILES string of the molecule is COc1ccc(-n2nc(C(N)=O)c3c2C(=O)N(c2ccc(N4C(=O)C5CC[C@H]4C5)cc2)CC3)cc1. The number of anilines is 2. The van der Waals surface area contributed by atoms with Crippen molar-refractivity contribution in [3.05, 3.63) is 65.5 Å². The van der Waals surface area contributed by atoms with Crippen molar-refractivity contribution in [2.45, 2.75) is 31.7 Å². The lowest BCUT2D eigenvalue weighted by molar-refractivity contribution is -0.121. The van der Waals surface area contributed by atoms with Crippen molar-refractivity contribution in [1.29, 1.82) is 0 Å². The number of methoxy groups -OCH3 is 1. The van der Waals surface area contributed by atoms with Crippen LogP contribution in [0.4, 0.5) is 11.4 Å². The highest BCUT2D eigenvalue weighted by atomic mass is 16.5. The maximum absolute atomic E-state index is 13.7. The Bertz CT molecular complexity index is 1350. The van der Waals surface area contributed by atoms with Gasteiger partial charge in [0.1, 0.15) is 11.4 Å². The molecule has 2 fully saturated rings. The summed E-state index contributed by atoms with van der Waals surface area (Å²) in [6, 6.07) is 14.9. The Morgan fingerprint density at radius 3 is 2.31 bits per heavy atom. The van der Waals surface area contributed by atoms with Gasteiger partial charge < -0.3 is 20.3 Å². The van der Waals surface area contributed by atoms with Gasteiger partial charge in [-0.15, -0.1) is 0 Å². The molecule has 3 amide bonds. The molecule has 9 nitrogen and oxygen atoms in total. The van der Waals surface area contributed by atoms with Gasteiger partial charge in [-0.3, -0.25) is 14.4 Å². The van der Waals surface area contributed by atoms with Gasteiger partial charge in [-0.1, -0.05) is 0 Å². The molecule has 9 heteroatoms. The number of aromatic nitrogens is 2. The van der Waals surface area contributed by atoms with Gasteiger partial charge in [0.2, 0.25) is 5.91 Å². The fourth-order valence-electron chi connectivity index (χ4n) is 5.64. The quantitative estimate of drug-likeness (QED) is 0.615. The summed E-state index contributed by atoms with van der Waals surface area (Å²) in [6.45, 7) is 0.396. The lowest BCUT2D eigenvalue weighted by Crippen LogP contribution is -2.39. The van der Waals surface area contributed by atoms with E-state index in [9.17, 15) is 14.4 Å². The second-order valence-corrected chi connectivity index (χ2v) is 9.25. The van der Waals surface area contributed by atoms with Crippen LogP contribution in [-0.4, -0.2) is 47.2 Å². The van der Waals surface area contributed by atoms with Crippen molar-refractivity contribution >= 4 is 29.1 Å². The Balaban J connectivity index is 1.34. The summed E-state index contributed by atoms with van der Waals surface area (Å²) in [5, 5.41) is 4.40. The lowest BCUT2D eigenvalue weighted by Gasteiger charge is -2.30. The first-order chi connectivity index (χ1) is 17.0. The molecule has 2 aliphatic heterocycles. The number of amides is 3. The summed E-state index contributed by atoms with van der Waals surface area (Å²) in [5.74, 6) is 0.104. The number of carbonyl (C=O) groups is 3. The van der Waals surface area contributed by atoms with Crippen LogP contribution in [0.25, 0.3) is 5.69 Å². The minimum atomic E-state index is -0.663. The Morgan fingerprint density at radius 2 is 1.69 bits per heavy atom. The predicted molar refractivity (Wildman–Crippen MR) is 129 cm³/mol. The standard InChI is InChI=1S/C26H25N5O4/c1-35-20-10-8-18(9-11-20)31-23-21(22(28-31)24(27)32)12-13-29(26(23)34)16-4-6-17(7-5-16)30-19-3-2-15(14-19)25(30)33/h4-11,15,19H,2-3,12-14H2,1H3,(H2,27,32)/t15?,19-/m0/s1. The van der Waals surface area contributed by atoms with Gasteiger partial charge in [-0.05, 0) is 74.2 Å². The zero-order chi connectivity index (χ0) is 24.3. The Labute approximate surface area is 202 Å². The molecule has 1 saturated heterocycles. The van der Waals surface area contributed by atoms with Crippen LogP contribution in [0.1, 0.15) is 45.8 Å². The number of ether oxygens (including phenoxy) is 1. The molecular weight excluding hydrogens is 446 g/mol. The molecule has 1 aromatic heterocycles. The fraction of sp³-hybridized carbons (Fsp3) is 0.308. The number of piperidine rings is 1. The predicted octanol–water partition coefficient (Wildman–Crippen LogP) is 2.70. The van der Waals surface area contributed by atoms with Gasteiger partial charge >= 0.3 is 0 Å². The van der Waals surface area contributed by atoms with Crippen LogP contribution < -0.4 is 20.3 Å².